The molecule has 0 saturated carbocycles. The van der Waals surface area contributed by atoms with E-state index in [0.717, 1.165) is 5.01 Å². The third-order valence-electron chi connectivity index (χ3n) is 1.38. The van der Waals surface area contributed by atoms with Gasteiger partial charge in [-0.25, -0.2) is 0 Å². The molecule has 2 aromatic heterocycles. The van der Waals surface area contributed by atoms with E-state index >= 15 is 0 Å². The first-order valence-corrected chi connectivity index (χ1v) is 4.65. The van der Waals surface area contributed by atoms with Gasteiger partial charge in [0.2, 0.25) is 0 Å². The van der Waals surface area contributed by atoms with Crippen LogP contribution in [-0.2, 0) is 13.6 Å². The Hall–Kier alpha value is -1.54. The smallest absolute Gasteiger partial charge is 0.342 e. The Labute approximate surface area is 83.5 Å². The summed E-state index contributed by atoms with van der Waals surface area (Å²) in [5.74, 6) is 0. The molecule has 0 unspecified atom stereocenters. The van der Waals surface area contributed by atoms with E-state index in [2.05, 4.69) is 20.3 Å². The highest BCUT2D eigenvalue weighted by molar-refractivity contribution is 7.13. The van der Waals surface area contributed by atoms with E-state index in [1.807, 2.05) is 0 Å². The summed E-state index contributed by atoms with van der Waals surface area (Å²) in [4.78, 5) is 3.88. The molecule has 7 nitrogen and oxygen atoms in total. The Morgan fingerprint density at radius 2 is 2.43 bits per heavy atom. The highest BCUT2D eigenvalue weighted by atomic mass is 32.1. The first-order valence-electron chi connectivity index (χ1n) is 3.84. The Kier molecular flexibility index (Phi) is 2.37. The van der Waals surface area contributed by atoms with Gasteiger partial charge < -0.3 is 10.5 Å². The van der Waals surface area contributed by atoms with Crippen molar-refractivity contribution in [1.29, 1.82) is 0 Å². The maximum Gasteiger partial charge on any atom is 0.342 e. The molecule has 0 atom stereocenters. The summed E-state index contributed by atoms with van der Waals surface area (Å²) in [7, 11) is 1.76. The van der Waals surface area contributed by atoms with Crippen molar-refractivity contribution in [2.75, 3.05) is 0 Å². The molecule has 0 spiro atoms. The maximum absolute atomic E-state index is 5.38. The van der Waals surface area contributed by atoms with Crippen molar-refractivity contribution in [3.63, 3.8) is 0 Å². The molecule has 0 amide bonds. The number of nitrogens with zero attached hydrogens (tertiary/aromatic N) is 5. The lowest BCUT2D eigenvalue weighted by Crippen LogP contribution is -1.94. The standard InChI is InChI=1S/C6H8N6OS/c1-12-3-8-5(11-12)13-6-10-9-4(2-7)14-6/h3H,2,7H2,1H3. The normalized spacial score (nSPS) is 10.4. The zero-order valence-corrected chi connectivity index (χ0v) is 8.23. The largest absolute Gasteiger partial charge is 0.393 e. The van der Waals surface area contributed by atoms with E-state index in [4.69, 9.17) is 10.5 Å². The molecule has 0 aliphatic rings. The lowest BCUT2D eigenvalue weighted by atomic mass is 10.7. The van der Waals surface area contributed by atoms with Crippen LogP contribution in [0, 0.1) is 0 Å². The number of nitrogens with two attached hydrogens (primary N) is 1. The van der Waals surface area contributed by atoms with E-state index in [9.17, 15) is 0 Å². The molecule has 2 N–H and O–H groups in total. The van der Waals surface area contributed by atoms with Crippen LogP contribution in [-0.4, -0.2) is 25.0 Å². The molecule has 2 heterocycles. The van der Waals surface area contributed by atoms with Crippen LogP contribution in [0.25, 0.3) is 0 Å². The van der Waals surface area contributed by atoms with Gasteiger partial charge in [-0.2, -0.15) is 4.98 Å². The van der Waals surface area contributed by atoms with E-state index in [0.29, 0.717) is 11.7 Å². The highest BCUT2D eigenvalue weighted by Crippen LogP contribution is 2.21. The maximum atomic E-state index is 5.38. The van der Waals surface area contributed by atoms with Crippen LogP contribution in [0.4, 0.5) is 0 Å². The molecule has 0 aliphatic heterocycles. The summed E-state index contributed by atoms with van der Waals surface area (Å²) in [5, 5.41) is 12.6. The Bertz CT molecular complexity index is 423. The van der Waals surface area contributed by atoms with Gasteiger partial charge in [0.25, 0.3) is 0 Å². The van der Waals surface area contributed by atoms with Gasteiger partial charge in [-0.15, -0.1) is 10.2 Å². The molecule has 0 fully saturated rings. The van der Waals surface area contributed by atoms with Crippen molar-refractivity contribution in [2.24, 2.45) is 12.8 Å². The first-order chi connectivity index (χ1) is 6.78. The van der Waals surface area contributed by atoms with Crippen molar-refractivity contribution in [3.05, 3.63) is 11.3 Å². The summed E-state index contributed by atoms with van der Waals surface area (Å²) in [6.45, 7) is 0.358. The van der Waals surface area contributed by atoms with Crippen molar-refractivity contribution < 1.29 is 4.74 Å². The number of aryl methyl sites for hydroxylation is 1. The van der Waals surface area contributed by atoms with Crippen LogP contribution in [0.1, 0.15) is 5.01 Å². The average molecular weight is 212 g/mol. The molecular weight excluding hydrogens is 204 g/mol. The van der Waals surface area contributed by atoms with E-state index in [1.165, 1.54) is 11.3 Å². The molecule has 74 valence electrons. The molecular formula is C6H8N6OS. The van der Waals surface area contributed by atoms with Gasteiger partial charge in [-0.1, -0.05) is 16.4 Å². The lowest BCUT2D eigenvalue weighted by Gasteiger charge is -1.91. The fourth-order valence-corrected chi connectivity index (χ4v) is 1.37. The van der Waals surface area contributed by atoms with Gasteiger partial charge in [0.1, 0.15) is 11.3 Å². The van der Waals surface area contributed by atoms with Gasteiger partial charge >= 0.3 is 11.2 Å². The van der Waals surface area contributed by atoms with Crippen LogP contribution in [0.5, 0.6) is 11.2 Å². The highest BCUT2D eigenvalue weighted by Gasteiger charge is 2.07. The average Bonchev–Trinajstić information content (AvgIpc) is 2.76. The van der Waals surface area contributed by atoms with Crippen LogP contribution < -0.4 is 10.5 Å². The van der Waals surface area contributed by atoms with Gasteiger partial charge in [0.05, 0.1) is 0 Å². The zero-order valence-electron chi connectivity index (χ0n) is 7.41. The fourth-order valence-electron chi connectivity index (χ4n) is 0.806. The van der Waals surface area contributed by atoms with Crippen molar-refractivity contribution in [1.82, 2.24) is 25.0 Å². The van der Waals surface area contributed by atoms with E-state index < -0.39 is 0 Å². The Morgan fingerprint density at radius 1 is 1.57 bits per heavy atom. The van der Waals surface area contributed by atoms with Crippen LogP contribution in [0.3, 0.4) is 0 Å². The molecule has 2 rings (SSSR count). The number of hydrogen-bond donors (Lipinski definition) is 1. The summed E-state index contributed by atoms with van der Waals surface area (Å²) >= 11 is 1.28. The third-order valence-corrected chi connectivity index (χ3v) is 2.20. The second-order valence-electron chi connectivity index (χ2n) is 2.47. The summed E-state index contributed by atoms with van der Waals surface area (Å²) in [6.07, 6.45) is 1.54. The molecule has 0 aromatic carbocycles. The number of rotatable bonds is 3. The lowest BCUT2D eigenvalue weighted by molar-refractivity contribution is 0.431. The van der Waals surface area contributed by atoms with E-state index in [-0.39, 0.29) is 6.01 Å². The number of aromatic nitrogens is 5. The van der Waals surface area contributed by atoms with Crippen molar-refractivity contribution >= 4 is 11.3 Å². The Morgan fingerprint density at radius 3 is 3.00 bits per heavy atom. The SMILES string of the molecule is Cn1cnc(Oc2nnc(CN)s2)n1. The second kappa shape index (κ2) is 3.68. The number of hydrogen-bond acceptors (Lipinski definition) is 7. The minimum atomic E-state index is 0.257. The van der Waals surface area contributed by atoms with Gasteiger partial charge in [-0.05, 0) is 0 Å². The van der Waals surface area contributed by atoms with Gasteiger partial charge in [0, 0.05) is 13.6 Å². The molecule has 0 aliphatic carbocycles. The molecule has 0 bridgehead atoms. The molecule has 0 radical (unpaired) electrons. The van der Waals surface area contributed by atoms with Crippen LogP contribution in [0.15, 0.2) is 6.33 Å². The fraction of sp³-hybridized carbons (Fsp3) is 0.333. The second-order valence-corrected chi connectivity index (χ2v) is 3.49. The summed E-state index contributed by atoms with van der Waals surface area (Å²) in [6, 6.07) is 0.257. The molecule has 14 heavy (non-hydrogen) atoms. The molecule has 8 heteroatoms. The first kappa shape index (κ1) is 9.03. The monoisotopic (exact) mass is 212 g/mol. The van der Waals surface area contributed by atoms with Crippen LogP contribution >= 0.6 is 11.3 Å². The Balaban J connectivity index is 2.10. The predicted octanol–water partition coefficient (Wildman–Crippen LogP) is -0.0824. The zero-order chi connectivity index (χ0) is 9.97. The minimum Gasteiger partial charge on any atom is -0.393 e. The minimum absolute atomic E-state index is 0.257. The predicted molar refractivity (Wildman–Crippen MR) is 48.9 cm³/mol. The molecule has 2 aromatic rings. The third kappa shape index (κ3) is 1.86. The summed E-state index contributed by atoms with van der Waals surface area (Å²) in [5.41, 5.74) is 5.38. The number of ether oxygens (including phenoxy) is 1. The van der Waals surface area contributed by atoms with Gasteiger partial charge in [-0.3, -0.25) is 4.68 Å². The van der Waals surface area contributed by atoms with Crippen molar-refractivity contribution in [2.45, 2.75) is 6.54 Å². The van der Waals surface area contributed by atoms with E-state index in [1.54, 1.807) is 18.1 Å². The van der Waals surface area contributed by atoms with Crippen molar-refractivity contribution in [3.8, 4) is 11.2 Å². The van der Waals surface area contributed by atoms with Crippen LogP contribution in [0.2, 0.25) is 0 Å². The quantitative estimate of drug-likeness (QED) is 0.764. The topological polar surface area (TPSA) is 91.7 Å². The molecule has 0 saturated heterocycles. The van der Waals surface area contributed by atoms with Gasteiger partial charge in [0.15, 0.2) is 0 Å². The summed E-state index contributed by atoms with van der Waals surface area (Å²) < 4.78 is 6.77.